The molecule has 0 atom stereocenters. The van der Waals surface area contributed by atoms with Gasteiger partial charge in [0.2, 0.25) is 5.16 Å². The van der Waals surface area contributed by atoms with Crippen LogP contribution in [0.25, 0.3) is 0 Å². The monoisotopic (exact) mass is 197 g/mol. The van der Waals surface area contributed by atoms with Crippen molar-refractivity contribution in [3.8, 4) is 6.07 Å². The van der Waals surface area contributed by atoms with Gasteiger partial charge in [0.05, 0.1) is 12.1 Å². The molecule has 0 bridgehead atoms. The van der Waals surface area contributed by atoms with Gasteiger partial charge in [0.15, 0.2) is 0 Å². The first-order chi connectivity index (χ1) is 6.25. The molecular formula is C7H11N5S. The zero-order valence-electron chi connectivity index (χ0n) is 7.64. The standard InChI is InChI=1S/C7H11N5S/c1-6(2)12-7(9-10-11-12)13-5-3-4-8/h6H,3,5H2,1-2H3. The van der Waals surface area contributed by atoms with Crippen molar-refractivity contribution in [2.45, 2.75) is 31.5 Å². The number of thioether (sulfide) groups is 1. The van der Waals surface area contributed by atoms with Gasteiger partial charge in [-0.2, -0.15) is 5.26 Å². The molecule has 0 aliphatic rings. The molecule has 1 aromatic rings. The van der Waals surface area contributed by atoms with Gasteiger partial charge < -0.3 is 0 Å². The van der Waals surface area contributed by atoms with Crippen molar-refractivity contribution < 1.29 is 0 Å². The minimum absolute atomic E-state index is 0.264. The number of aromatic nitrogens is 4. The normalized spacial score (nSPS) is 10.3. The molecule has 5 nitrogen and oxygen atoms in total. The Morgan fingerprint density at radius 2 is 2.38 bits per heavy atom. The fourth-order valence-corrected chi connectivity index (χ4v) is 1.64. The third kappa shape index (κ3) is 2.70. The lowest BCUT2D eigenvalue weighted by Crippen LogP contribution is -2.04. The van der Waals surface area contributed by atoms with E-state index in [2.05, 4.69) is 21.6 Å². The second-order valence-corrected chi connectivity index (χ2v) is 3.82. The summed E-state index contributed by atoms with van der Waals surface area (Å²) in [5.74, 6) is 0.740. The molecule has 0 saturated heterocycles. The minimum atomic E-state index is 0.264. The predicted molar refractivity (Wildman–Crippen MR) is 49.2 cm³/mol. The van der Waals surface area contributed by atoms with Crippen LogP contribution >= 0.6 is 11.8 Å². The summed E-state index contributed by atoms with van der Waals surface area (Å²) in [6, 6.07) is 2.34. The number of hydrogen-bond donors (Lipinski definition) is 0. The van der Waals surface area contributed by atoms with Gasteiger partial charge in [-0.15, -0.1) is 5.10 Å². The Balaban J connectivity index is 2.56. The summed E-state index contributed by atoms with van der Waals surface area (Å²) in [5.41, 5.74) is 0. The van der Waals surface area contributed by atoms with Crippen molar-refractivity contribution in [3.63, 3.8) is 0 Å². The van der Waals surface area contributed by atoms with E-state index in [0.717, 1.165) is 10.9 Å². The first-order valence-corrected chi connectivity index (χ1v) is 5.02. The highest BCUT2D eigenvalue weighted by Crippen LogP contribution is 2.17. The second-order valence-electron chi connectivity index (χ2n) is 2.76. The fourth-order valence-electron chi connectivity index (χ4n) is 0.793. The lowest BCUT2D eigenvalue weighted by molar-refractivity contribution is 0.477. The zero-order chi connectivity index (χ0) is 9.68. The van der Waals surface area contributed by atoms with Crippen molar-refractivity contribution >= 4 is 11.8 Å². The van der Waals surface area contributed by atoms with Crippen LogP contribution in [0.4, 0.5) is 0 Å². The topological polar surface area (TPSA) is 67.4 Å². The van der Waals surface area contributed by atoms with E-state index in [4.69, 9.17) is 5.26 Å². The van der Waals surface area contributed by atoms with Gasteiger partial charge in [-0.05, 0) is 24.3 Å². The van der Waals surface area contributed by atoms with Crippen LogP contribution in [0.5, 0.6) is 0 Å². The van der Waals surface area contributed by atoms with E-state index >= 15 is 0 Å². The summed E-state index contributed by atoms with van der Waals surface area (Å²) in [7, 11) is 0. The molecular weight excluding hydrogens is 186 g/mol. The molecule has 6 heteroatoms. The molecule has 0 N–H and O–H groups in total. The summed E-state index contributed by atoms with van der Waals surface area (Å²) in [5, 5.41) is 20.4. The summed E-state index contributed by atoms with van der Waals surface area (Å²) < 4.78 is 1.75. The second kappa shape index (κ2) is 4.82. The average molecular weight is 197 g/mol. The fraction of sp³-hybridized carbons (Fsp3) is 0.714. The van der Waals surface area contributed by atoms with E-state index in [-0.39, 0.29) is 6.04 Å². The SMILES string of the molecule is CC(C)n1nnnc1SCCC#N. The van der Waals surface area contributed by atoms with Crippen LogP contribution in [-0.2, 0) is 0 Å². The van der Waals surface area contributed by atoms with E-state index in [1.54, 1.807) is 4.68 Å². The first-order valence-electron chi connectivity index (χ1n) is 4.03. The maximum atomic E-state index is 8.35. The van der Waals surface area contributed by atoms with Crippen LogP contribution in [0.1, 0.15) is 26.3 Å². The van der Waals surface area contributed by atoms with Gasteiger partial charge in [0, 0.05) is 12.2 Å². The molecule has 0 spiro atoms. The highest BCUT2D eigenvalue weighted by molar-refractivity contribution is 7.99. The minimum Gasteiger partial charge on any atom is -0.218 e. The third-order valence-corrected chi connectivity index (χ3v) is 2.33. The van der Waals surface area contributed by atoms with Gasteiger partial charge in [0.25, 0.3) is 0 Å². The lowest BCUT2D eigenvalue weighted by atomic mass is 10.4. The Bertz CT molecular complexity index is 300. The van der Waals surface area contributed by atoms with E-state index < -0.39 is 0 Å². The van der Waals surface area contributed by atoms with Gasteiger partial charge in [-0.1, -0.05) is 11.8 Å². The molecule has 0 saturated carbocycles. The number of nitrogens with zero attached hydrogens (tertiary/aromatic N) is 5. The van der Waals surface area contributed by atoms with Crippen molar-refractivity contribution in [2.75, 3.05) is 5.75 Å². The summed E-state index contributed by atoms with van der Waals surface area (Å²) >= 11 is 1.51. The van der Waals surface area contributed by atoms with Crippen molar-refractivity contribution in [1.29, 1.82) is 5.26 Å². The quantitative estimate of drug-likeness (QED) is 0.537. The molecule has 0 amide bonds. The van der Waals surface area contributed by atoms with Crippen LogP contribution in [0.15, 0.2) is 5.16 Å². The van der Waals surface area contributed by atoms with Crippen molar-refractivity contribution in [3.05, 3.63) is 0 Å². The van der Waals surface area contributed by atoms with E-state index in [9.17, 15) is 0 Å². The van der Waals surface area contributed by atoms with Crippen LogP contribution in [0.3, 0.4) is 0 Å². The van der Waals surface area contributed by atoms with Crippen molar-refractivity contribution in [1.82, 2.24) is 20.2 Å². The molecule has 1 heterocycles. The van der Waals surface area contributed by atoms with Crippen LogP contribution in [-0.4, -0.2) is 26.0 Å². The molecule has 0 aliphatic heterocycles. The number of tetrazole rings is 1. The van der Waals surface area contributed by atoms with Gasteiger partial charge in [-0.3, -0.25) is 0 Å². The van der Waals surface area contributed by atoms with Gasteiger partial charge in [0.1, 0.15) is 0 Å². The molecule has 1 rings (SSSR count). The Morgan fingerprint density at radius 1 is 1.62 bits per heavy atom. The number of nitriles is 1. The van der Waals surface area contributed by atoms with Crippen LogP contribution in [0, 0.1) is 11.3 Å². The highest BCUT2D eigenvalue weighted by Gasteiger charge is 2.08. The molecule has 0 fully saturated rings. The third-order valence-electron chi connectivity index (χ3n) is 1.40. The summed E-state index contributed by atoms with van der Waals surface area (Å²) in [6.45, 7) is 4.04. The molecule has 0 aliphatic carbocycles. The Hall–Kier alpha value is -1.09. The largest absolute Gasteiger partial charge is 0.218 e. The zero-order valence-corrected chi connectivity index (χ0v) is 8.45. The molecule has 0 radical (unpaired) electrons. The molecule has 1 aromatic heterocycles. The van der Waals surface area contributed by atoms with Crippen molar-refractivity contribution in [2.24, 2.45) is 0 Å². The van der Waals surface area contributed by atoms with E-state index in [0.29, 0.717) is 6.42 Å². The average Bonchev–Trinajstić information content (AvgIpc) is 2.53. The Labute approximate surface area is 81.1 Å². The van der Waals surface area contributed by atoms with E-state index in [1.165, 1.54) is 11.8 Å². The van der Waals surface area contributed by atoms with Crippen LogP contribution in [0.2, 0.25) is 0 Å². The molecule has 70 valence electrons. The highest BCUT2D eigenvalue weighted by atomic mass is 32.2. The molecule has 0 aromatic carbocycles. The molecule has 0 unspecified atom stereocenters. The van der Waals surface area contributed by atoms with Gasteiger partial charge >= 0.3 is 0 Å². The number of hydrogen-bond acceptors (Lipinski definition) is 5. The van der Waals surface area contributed by atoms with E-state index in [1.807, 2.05) is 13.8 Å². The predicted octanol–water partition coefficient (Wildman–Crippen LogP) is 1.26. The summed E-state index contributed by atoms with van der Waals surface area (Å²) in [4.78, 5) is 0. The maximum Gasteiger partial charge on any atom is 0.209 e. The smallest absolute Gasteiger partial charge is 0.209 e. The van der Waals surface area contributed by atoms with Crippen LogP contribution < -0.4 is 0 Å². The number of rotatable bonds is 4. The Morgan fingerprint density at radius 3 is 3.00 bits per heavy atom. The first kappa shape index (κ1) is 9.99. The maximum absolute atomic E-state index is 8.35. The lowest BCUT2D eigenvalue weighted by Gasteiger charge is -2.05. The summed E-state index contributed by atoms with van der Waals surface area (Å²) in [6.07, 6.45) is 0.523. The Kier molecular flexibility index (Phi) is 3.71. The molecule has 13 heavy (non-hydrogen) atoms. The van der Waals surface area contributed by atoms with Gasteiger partial charge in [-0.25, -0.2) is 4.68 Å².